The molecule has 32 heavy (non-hydrogen) atoms. The average Bonchev–Trinajstić information content (AvgIpc) is 2.77. The fourth-order valence-electron chi connectivity index (χ4n) is 3.42. The maximum atomic E-state index is 12.7. The van der Waals surface area contributed by atoms with Crippen LogP contribution in [0.1, 0.15) is 50.3 Å². The number of carbonyl (C=O) groups is 1. The van der Waals surface area contributed by atoms with Gasteiger partial charge in [0.2, 0.25) is 0 Å². The van der Waals surface area contributed by atoms with Crippen molar-refractivity contribution in [3.05, 3.63) is 65.2 Å². The van der Waals surface area contributed by atoms with Gasteiger partial charge in [-0.1, -0.05) is 37.6 Å². The first-order valence-corrected chi connectivity index (χ1v) is 11.0. The van der Waals surface area contributed by atoms with Crippen LogP contribution in [0.25, 0.3) is 0 Å². The highest BCUT2D eigenvalue weighted by Crippen LogP contribution is 2.29. The monoisotopic (exact) mass is 451 g/mol. The summed E-state index contributed by atoms with van der Waals surface area (Å²) in [5, 5.41) is 0. The zero-order valence-electron chi connectivity index (χ0n) is 19.0. The smallest absolute Gasteiger partial charge is 0.416 e. The van der Waals surface area contributed by atoms with E-state index in [-0.39, 0.29) is 25.2 Å². The molecule has 0 radical (unpaired) electrons. The molecule has 0 aromatic heterocycles. The normalized spacial score (nSPS) is 12.4. The van der Waals surface area contributed by atoms with Crippen LogP contribution in [0.2, 0.25) is 0 Å². The Morgan fingerprint density at radius 2 is 1.59 bits per heavy atom. The maximum Gasteiger partial charge on any atom is 0.416 e. The van der Waals surface area contributed by atoms with E-state index in [2.05, 4.69) is 6.92 Å². The lowest BCUT2D eigenvalue weighted by Gasteiger charge is -2.21. The third kappa shape index (κ3) is 8.19. The molecular weight excluding hydrogens is 419 g/mol. The molecule has 0 aliphatic rings. The number of carbonyl (C=O) groups excluding carboxylic acids is 1. The van der Waals surface area contributed by atoms with Gasteiger partial charge in [-0.25, -0.2) is 0 Å². The Morgan fingerprint density at radius 3 is 2.12 bits per heavy atom. The van der Waals surface area contributed by atoms with Crippen molar-refractivity contribution in [2.75, 3.05) is 19.8 Å². The molecule has 0 saturated heterocycles. The van der Waals surface area contributed by atoms with Crippen LogP contribution < -0.4 is 4.74 Å². The number of ether oxygens (including phenoxy) is 2. The summed E-state index contributed by atoms with van der Waals surface area (Å²) in [6, 6.07) is 12.5. The topological polar surface area (TPSA) is 38.8 Å². The molecule has 0 aliphatic heterocycles. The van der Waals surface area contributed by atoms with Gasteiger partial charge >= 0.3 is 6.18 Å². The lowest BCUT2D eigenvalue weighted by Crippen LogP contribution is -2.34. The van der Waals surface area contributed by atoms with Crippen molar-refractivity contribution in [1.82, 2.24) is 4.90 Å². The second kappa shape index (κ2) is 12.5. The van der Waals surface area contributed by atoms with Crippen LogP contribution in [-0.4, -0.2) is 36.7 Å². The molecule has 0 fully saturated rings. The molecule has 176 valence electrons. The van der Waals surface area contributed by atoms with E-state index in [0.29, 0.717) is 24.5 Å². The Balaban J connectivity index is 1.88. The van der Waals surface area contributed by atoms with Crippen LogP contribution in [0.4, 0.5) is 13.2 Å². The van der Waals surface area contributed by atoms with Crippen molar-refractivity contribution in [3.63, 3.8) is 0 Å². The standard InChI is InChI=1S/C25H32F3NO3/c1-4-7-23(31-6-3)16-19-10-14-22(15-11-19)32-18-24(30)29(5-2)17-20-8-12-21(13-9-20)25(26,27)28/h8-15,23H,4-7,16-18H2,1-3H3/t23-/m0/s1. The SMILES string of the molecule is CCC[C@@H](Cc1ccc(OCC(=O)N(CC)Cc2ccc(C(F)(F)F)cc2)cc1)OCC. The van der Waals surface area contributed by atoms with E-state index < -0.39 is 11.7 Å². The summed E-state index contributed by atoms with van der Waals surface area (Å²) in [6.45, 7) is 7.16. The van der Waals surface area contributed by atoms with Crippen LogP contribution in [0.5, 0.6) is 5.75 Å². The van der Waals surface area contributed by atoms with Crippen molar-refractivity contribution in [2.24, 2.45) is 0 Å². The summed E-state index contributed by atoms with van der Waals surface area (Å²) in [7, 11) is 0. The molecule has 1 amide bonds. The van der Waals surface area contributed by atoms with E-state index in [4.69, 9.17) is 9.47 Å². The molecule has 2 aromatic carbocycles. The number of benzene rings is 2. The maximum absolute atomic E-state index is 12.7. The number of amides is 1. The number of halogens is 3. The van der Waals surface area contributed by atoms with Crippen molar-refractivity contribution in [3.8, 4) is 5.75 Å². The summed E-state index contributed by atoms with van der Waals surface area (Å²) in [5.74, 6) is 0.368. The first kappa shape index (κ1) is 25.7. The van der Waals surface area contributed by atoms with E-state index in [1.54, 1.807) is 4.90 Å². The zero-order chi connectivity index (χ0) is 23.6. The van der Waals surface area contributed by atoms with Crippen LogP contribution in [-0.2, 0) is 28.7 Å². The van der Waals surface area contributed by atoms with Crippen molar-refractivity contribution in [1.29, 1.82) is 0 Å². The largest absolute Gasteiger partial charge is 0.484 e. The van der Waals surface area contributed by atoms with Gasteiger partial charge in [-0.05, 0) is 62.1 Å². The second-order valence-corrected chi connectivity index (χ2v) is 7.61. The van der Waals surface area contributed by atoms with Crippen LogP contribution in [0.15, 0.2) is 48.5 Å². The first-order valence-electron chi connectivity index (χ1n) is 11.0. The van der Waals surface area contributed by atoms with Crippen molar-refractivity contribution >= 4 is 5.91 Å². The molecule has 0 saturated carbocycles. The minimum atomic E-state index is -4.37. The third-order valence-electron chi connectivity index (χ3n) is 5.15. The predicted octanol–water partition coefficient (Wildman–Crippen LogP) is 5.88. The number of hydrogen-bond donors (Lipinski definition) is 0. The molecule has 0 spiro atoms. The van der Waals surface area contributed by atoms with Gasteiger partial charge in [0.1, 0.15) is 5.75 Å². The molecule has 7 heteroatoms. The highest BCUT2D eigenvalue weighted by atomic mass is 19.4. The summed E-state index contributed by atoms with van der Waals surface area (Å²) < 4.78 is 49.5. The van der Waals surface area contributed by atoms with E-state index in [1.807, 2.05) is 38.1 Å². The molecule has 4 nitrogen and oxygen atoms in total. The number of hydrogen-bond acceptors (Lipinski definition) is 3. The first-order chi connectivity index (χ1) is 15.3. The molecule has 1 atom stereocenters. The minimum absolute atomic E-state index is 0.134. The Hall–Kier alpha value is -2.54. The zero-order valence-corrected chi connectivity index (χ0v) is 19.0. The Bertz CT molecular complexity index is 814. The molecule has 0 N–H and O–H groups in total. The highest BCUT2D eigenvalue weighted by molar-refractivity contribution is 5.77. The van der Waals surface area contributed by atoms with Gasteiger partial charge in [0, 0.05) is 19.7 Å². The summed E-state index contributed by atoms with van der Waals surface area (Å²) in [5.41, 5.74) is 1.08. The second-order valence-electron chi connectivity index (χ2n) is 7.61. The Kier molecular flexibility index (Phi) is 10.0. The highest BCUT2D eigenvalue weighted by Gasteiger charge is 2.30. The fraction of sp³-hybridized carbons (Fsp3) is 0.480. The molecule has 0 heterocycles. The number of rotatable bonds is 12. The fourth-order valence-corrected chi connectivity index (χ4v) is 3.42. The predicted molar refractivity (Wildman–Crippen MR) is 118 cm³/mol. The van der Waals surface area contributed by atoms with E-state index >= 15 is 0 Å². The number of alkyl halides is 3. The van der Waals surface area contributed by atoms with Gasteiger partial charge in [0.05, 0.1) is 11.7 Å². The molecule has 2 rings (SSSR count). The Morgan fingerprint density at radius 1 is 0.969 bits per heavy atom. The van der Waals surface area contributed by atoms with Gasteiger partial charge < -0.3 is 14.4 Å². The van der Waals surface area contributed by atoms with Crippen LogP contribution in [0, 0.1) is 0 Å². The summed E-state index contributed by atoms with van der Waals surface area (Å²) in [6.07, 6.45) is -1.28. The van der Waals surface area contributed by atoms with E-state index in [1.165, 1.54) is 12.1 Å². The molecule has 0 unspecified atom stereocenters. The average molecular weight is 452 g/mol. The van der Waals surface area contributed by atoms with Crippen molar-refractivity contribution < 1.29 is 27.4 Å². The van der Waals surface area contributed by atoms with Gasteiger partial charge in [0.25, 0.3) is 5.91 Å². The van der Waals surface area contributed by atoms with Gasteiger partial charge in [-0.2, -0.15) is 13.2 Å². The van der Waals surface area contributed by atoms with E-state index in [9.17, 15) is 18.0 Å². The quantitative estimate of drug-likeness (QED) is 0.404. The molecular formula is C25H32F3NO3. The minimum Gasteiger partial charge on any atom is -0.484 e. The molecule has 0 aliphatic carbocycles. The number of likely N-dealkylation sites (N-methyl/N-ethyl adjacent to an activating group) is 1. The molecule has 2 aromatic rings. The lowest BCUT2D eigenvalue weighted by molar-refractivity contribution is -0.137. The lowest BCUT2D eigenvalue weighted by atomic mass is 10.0. The van der Waals surface area contributed by atoms with Gasteiger partial charge in [-0.3, -0.25) is 4.79 Å². The molecule has 0 bridgehead atoms. The number of nitrogens with zero attached hydrogens (tertiary/aromatic N) is 1. The third-order valence-corrected chi connectivity index (χ3v) is 5.15. The van der Waals surface area contributed by atoms with Gasteiger partial charge in [0.15, 0.2) is 6.61 Å². The summed E-state index contributed by atoms with van der Waals surface area (Å²) >= 11 is 0. The Labute approximate surface area is 188 Å². The van der Waals surface area contributed by atoms with E-state index in [0.717, 1.165) is 37.0 Å². The van der Waals surface area contributed by atoms with Crippen LogP contribution in [0.3, 0.4) is 0 Å². The van der Waals surface area contributed by atoms with Crippen molar-refractivity contribution in [2.45, 2.75) is 58.9 Å². The summed E-state index contributed by atoms with van der Waals surface area (Å²) in [4.78, 5) is 14.1. The van der Waals surface area contributed by atoms with Gasteiger partial charge in [-0.15, -0.1) is 0 Å². The van der Waals surface area contributed by atoms with Crippen LogP contribution >= 0.6 is 0 Å².